The highest BCUT2D eigenvalue weighted by Gasteiger charge is 2.16. The Balaban J connectivity index is 3.64. The molecular formula is C25H47ClO4. The van der Waals surface area contributed by atoms with Crippen molar-refractivity contribution < 1.29 is 19.1 Å². The van der Waals surface area contributed by atoms with Crippen LogP contribution < -0.4 is 0 Å². The van der Waals surface area contributed by atoms with Crippen LogP contribution in [0, 0.1) is 0 Å². The van der Waals surface area contributed by atoms with Gasteiger partial charge in [0.1, 0.15) is 12.7 Å². The largest absolute Gasteiger partial charge is 0.462 e. The van der Waals surface area contributed by atoms with Crippen molar-refractivity contribution in [3.63, 3.8) is 0 Å². The Bertz CT molecular complexity index is 401. The number of carbonyl (C=O) groups is 2. The first-order valence-electron chi connectivity index (χ1n) is 12.5. The van der Waals surface area contributed by atoms with Gasteiger partial charge < -0.3 is 9.47 Å². The molecule has 0 aliphatic heterocycles. The molecule has 0 radical (unpaired) electrons. The lowest BCUT2D eigenvalue weighted by atomic mass is 10.1. The Labute approximate surface area is 190 Å². The molecule has 0 saturated carbocycles. The van der Waals surface area contributed by atoms with Crippen LogP contribution in [-0.2, 0) is 19.1 Å². The molecular weight excluding hydrogens is 400 g/mol. The summed E-state index contributed by atoms with van der Waals surface area (Å²) in [6.45, 7) is 4.50. The van der Waals surface area contributed by atoms with E-state index < -0.39 is 6.10 Å². The zero-order chi connectivity index (χ0) is 22.3. The third-order valence-corrected chi connectivity index (χ3v) is 5.71. The average molecular weight is 447 g/mol. The predicted octanol–water partition coefficient (Wildman–Crippen LogP) is 7.74. The maximum absolute atomic E-state index is 12.0. The van der Waals surface area contributed by atoms with Gasteiger partial charge in [-0.1, -0.05) is 104 Å². The molecule has 0 saturated heterocycles. The molecule has 30 heavy (non-hydrogen) atoms. The second kappa shape index (κ2) is 22.9. The van der Waals surface area contributed by atoms with Gasteiger partial charge in [0.15, 0.2) is 0 Å². The minimum atomic E-state index is -0.546. The van der Waals surface area contributed by atoms with E-state index in [1.54, 1.807) is 0 Å². The zero-order valence-electron chi connectivity index (χ0n) is 19.7. The Morgan fingerprint density at radius 1 is 0.633 bits per heavy atom. The molecule has 0 aromatic carbocycles. The smallest absolute Gasteiger partial charge is 0.306 e. The van der Waals surface area contributed by atoms with Gasteiger partial charge in [-0.05, 0) is 12.8 Å². The third-order valence-electron chi connectivity index (χ3n) is 5.37. The van der Waals surface area contributed by atoms with Crippen LogP contribution in [-0.4, -0.2) is 30.5 Å². The van der Waals surface area contributed by atoms with Crippen LogP contribution in [0.3, 0.4) is 0 Å². The monoisotopic (exact) mass is 446 g/mol. The van der Waals surface area contributed by atoms with Crippen LogP contribution in [0.25, 0.3) is 0 Å². The van der Waals surface area contributed by atoms with Crippen molar-refractivity contribution in [2.24, 2.45) is 0 Å². The number of carbonyl (C=O) groups excluding carboxylic acids is 2. The maximum Gasteiger partial charge on any atom is 0.306 e. The summed E-state index contributed by atoms with van der Waals surface area (Å²) in [7, 11) is 0. The highest BCUT2D eigenvalue weighted by Crippen LogP contribution is 2.12. The van der Waals surface area contributed by atoms with Crippen LogP contribution in [0.2, 0.25) is 0 Å². The number of halogens is 1. The molecule has 0 aromatic rings. The molecule has 1 atom stereocenters. The van der Waals surface area contributed by atoms with E-state index in [-0.39, 0.29) is 24.4 Å². The first kappa shape index (κ1) is 29.2. The Kier molecular flexibility index (Phi) is 22.3. The van der Waals surface area contributed by atoms with E-state index in [0.29, 0.717) is 12.8 Å². The van der Waals surface area contributed by atoms with Gasteiger partial charge in [0.2, 0.25) is 0 Å². The van der Waals surface area contributed by atoms with Crippen LogP contribution in [0.15, 0.2) is 0 Å². The van der Waals surface area contributed by atoms with E-state index in [1.807, 2.05) is 0 Å². The van der Waals surface area contributed by atoms with Gasteiger partial charge in [0.25, 0.3) is 0 Å². The number of alkyl halides is 1. The molecule has 0 heterocycles. The quantitative estimate of drug-likeness (QED) is 0.0968. The summed E-state index contributed by atoms with van der Waals surface area (Å²) >= 11 is 5.87. The third kappa shape index (κ3) is 20.5. The van der Waals surface area contributed by atoms with Crippen LogP contribution in [0.1, 0.15) is 129 Å². The van der Waals surface area contributed by atoms with E-state index in [4.69, 9.17) is 21.1 Å². The molecule has 4 nitrogen and oxygen atoms in total. The second-order valence-corrected chi connectivity index (χ2v) is 8.71. The van der Waals surface area contributed by atoms with Gasteiger partial charge in [-0.3, -0.25) is 9.59 Å². The summed E-state index contributed by atoms with van der Waals surface area (Å²) in [4.78, 5) is 23.8. The summed E-state index contributed by atoms with van der Waals surface area (Å²) in [5.74, 6) is -0.325. The standard InChI is InChI=1S/C25H47ClO4/c1-3-5-7-9-11-12-14-16-18-20-25(28)30-23(21-26)22-29-24(27)19-17-15-13-10-8-6-4-2/h23H,3-22H2,1-2H3. The minimum absolute atomic E-state index is 0.0579. The molecule has 0 rings (SSSR count). The average Bonchev–Trinajstić information content (AvgIpc) is 2.74. The number of ether oxygens (including phenoxy) is 2. The van der Waals surface area contributed by atoms with Crippen molar-refractivity contribution in [1.29, 1.82) is 0 Å². The SMILES string of the molecule is CCCCCCCCCCCC(=O)OC(CCl)COC(=O)CCCCCCCCC. The van der Waals surface area contributed by atoms with Crippen LogP contribution >= 0.6 is 11.6 Å². The van der Waals surface area contributed by atoms with Gasteiger partial charge >= 0.3 is 11.9 Å². The maximum atomic E-state index is 12.0. The van der Waals surface area contributed by atoms with E-state index in [2.05, 4.69) is 13.8 Å². The number of unbranched alkanes of at least 4 members (excludes halogenated alkanes) is 14. The summed E-state index contributed by atoms with van der Waals surface area (Å²) in [6.07, 6.45) is 19.3. The molecule has 0 N–H and O–H groups in total. The molecule has 0 fully saturated rings. The van der Waals surface area contributed by atoms with Crippen molar-refractivity contribution in [2.75, 3.05) is 12.5 Å². The summed E-state index contributed by atoms with van der Waals surface area (Å²) in [6, 6.07) is 0. The summed E-state index contributed by atoms with van der Waals surface area (Å²) in [5, 5.41) is 0. The van der Waals surface area contributed by atoms with E-state index >= 15 is 0 Å². The molecule has 0 aliphatic rings. The van der Waals surface area contributed by atoms with Crippen molar-refractivity contribution >= 4 is 23.5 Å². The van der Waals surface area contributed by atoms with E-state index in [1.165, 1.54) is 77.0 Å². The number of hydrogen-bond donors (Lipinski definition) is 0. The first-order chi connectivity index (χ1) is 14.6. The zero-order valence-corrected chi connectivity index (χ0v) is 20.5. The van der Waals surface area contributed by atoms with Crippen molar-refractivity contribution in [2.45, 2.75) is 136 Å². The van der Waals surface area contributed by atoms with Gasteiger partial charge in [-0.15, -0.1) is 11.6 Å². The molecule has 0 bridgehead atoms. The van der Waals surface area contributed by atoms with E-state index in [9.17, 15) is 9.59 Å². The lowest BCUT2D eigenvalue weighted by Crippen LogP contribution is -2.26. The van der Waals surface area contributed by atoms with Gasteiger partial charge in [0, 0.05) is 12.8 Å². The van der Waals surface area contributed by atoms with Gasteiger partial charge in [-0.2, -0.15) is 0 Å². The Morgan fingerprint density at radius 2 is 1.03 bits per heavy atom. The lowest BCUT2D eigenvalue weighted by molar-refractivity contribution is -0.157. The fourth-order valence-corrected chi connectivity index (χ4v) is 3.57. The van der Waals surface area contributed by atoms with Crippen molar-refractivity contribution in [1.82, 2.24) is 0 Å². The highest BCUT2D eigenvalue weighted by molar-refractivity contribution is 6.18. The second-order valence-electron chi connectivity index (χ2n) is 8.40. The minimum Gasteiger partial charge on any atom is -0.462 e. The first-order valence-corrected chi connectivity index (χ1v) is 13.1. The van der Waals surface area contributed by atoms with Crippen molar-refractivity contribution in [3.8, 4) is 0 Å². The molecule has 0 spiro atoms. The Hall–Kier alpha value is -0.770. The predicted molar refractivity (Wildman–Crippen MR) is 126 cm³/mol. The summed E-state index contributed by atoms with van der Waals surface area (Å²) in [5.41, 5.74) is 0. The molecule has 178 valence electrons. The lowest BCUT2D eigenvalue weighted by Gasteiger charge is -2.15. The molecule has 0 amide bonds. The molecule has 0 aromatic heterocycles. The normalized spacial score (nSPS) is 12.0. The fraction of sp³-hybridized carbons (Fsp3) is 0.920. The molecule has 0 aliphatic carbocycles. The summed E-state index contributed by atoms with van der Waals surface area (Å²) < 4.78 is 10.6. The van der Waals surface area contributed by atoms with Crippen LogP contribution in [0.5, 0.6) is 0 Å². The molecule has 1 unspecified atom stereocenters. The number of rotatable bonds is 22. The van der Waals surface area contributed by atoms with Gasteiger partial charge in [0.05, 0.1) is 5.88 Å². The Morgan fingerprint density at radius 3 is 1.47 bits per heavy atom. The van der Waals surface area contributed by atoms with Crippen molar-refractivity contribution in [3.05, 3.63) is 0 Å². The molecule has 5 heteroatoms. The fourth-order valence-electron chi connectivity index (χ4n) is 3.42. The number of hydrogen-bond acceptors (Lipinski definition) is 4. The highest BCUT2D eigenvalue weighted by atomic mass is 35.5. The topological polar surface area (TPSA) is 52.6 Å². The van der Waals surface area contributed by atoms with Crippen LogP contribution in [0.4, 0.5) is 0 Å². The van der Waals surface area contributed by atoms with E-state index in [0.717, 1.165) is 25.7 Å². The number of esters is 2. The van der Waals surface area contributed by atoms with Gasteiger partial charge in [-0.25, -0.2) is 0 Å².